The molecule has 1 N–H and O–H groups in total. The second-order valence-electron chi connectivity index (χ2n) is 6.66. The van der Waals surface area contributed by atoms with E-state index in [4.69, 9.17) is 9.47 Å². The number of pyridine rings is 1. The zero-order chi connectivity index (χ0) is 18.8. The van der Waals surface area contributed by atoms with Crippen molar-refractivity contribution in [3.63, 3.8) is 0 Å². The average molecular weight is 418 g/mol. The Morgan fingerprint density at radius 2 is 2.08 bits per heavy atom. The molecule has 1 aliphatic heterocycles. The number of methoxy groups -OCH3 is 1. The predicted molar refractivity (Wildman–Crippen MR) is 93.4 cm³/mol. The monoisotopic (exact) mass is 417 g/mol. The van der Waals surface area contributed by atoms with Gasteiger partial charge in [0.25, 0.3) is 0 Å². The summed E-state index contributed by atoms with van der Waals surface area (Å²) >= 11 is 3.21. The molecule has 0 aromatic carbocycles. The minimum absolute atomic E-state index is 0.0958. The van der Waals surface area contributed by atoms with E-state index in [2.05, 4.69) is 26.2 Å². The predicted octanol–water partition coefficient (Wildman–Crippen LogP) is 3.14. The van der Waals surface area contributed by atoms with Crippen molar-refractivity contribution < 1.29 is 23.5 Å². The van der Waals surface area contributed by atoms with E-state index in [1.807, 2.05) is 0 Å². The Kier molecular flexibility index (Phi) is 5.87. The number of ether oxygens (including phenoxy) is 2. The Balaban J connectivity index is 2.16. The molecule has 2 atom stereocenters. The molecule has 7 nitrogen and oxygen atoms in total. The standard InChI is InChI=1S/C16H21BrFN3O4/c1-16(2,3)25-15(23)21-8-9(18)7-10(21)14(22)20-13-11(24-4)5-6-12(17)19-13/h5-6,9-10H,7-8H2,1-4H3,(H,19,20,22)/t9-,10+/m1/s1. The molecule has 1 aliphatic rings. The molecule has 0 unspecified atom stereocenters. The maximum Gasteiger partial charge on any atom is 0.411 e. The van der Waals surface area contributed by atoms with Crippen LogP contribution in [-0.4, -0.2) is 53.4 Å². The molecule has 1 aromatic rings. The van der Waals surface area contributed by atoms with Crippen LogP contribution in [-0.2, 0) is 9.53 Å². The summed E-state index contributed by atoms with van der Waals surface area (Å²) in [6, 6.07) is 2.31. The molecule has 0 bridgehead atoms. The molecule has 2 heterocycles. The Labute approximate surface area is 154 Å². The van der Waals surface area contributed by atoms with Crippen LogP contribution in [0.3, 0.4) is 0 Å². The quantitative estimate of drug-likeness (QED) is 0.763. The van der Waals surface area contributed by atoms with Crippen molar-refractivity contribution in [1.29, 1.82) is 0 Å². The summed E-state index contributed by atoms with van der Waals surface area (Å²) in [5.74, 6) is -0.00149. The number of carbonyl (C=O) groups excluding carboxylic acids is 2. The number of nitrogens with one attached hydrogen (secondary N) is 1. The van der Waals surface area contributed by atoms with Gasteiger partial charge in [0.15, 0.2) is 11.6 Å². The number of likely N-dealkylation sites (tertiary alicyclic amines) is 1. The summed E-state index contributed by atoms with van der Waals surface area (Å²) in [5.41, 5.74) is -0.735. The van der Waals surface area contributed by atoms with E-state index in [9.17, 15) is 14.0 Å². The minimum Gasteiger partial charge on any atom is -0.493 e. The zero-order valence-electron chi connectivity index (χ0n) is 14.5. The smallest absolute Gasteiger partial charge is 0.411 e. The van der Waals surface area contributed by atoms with Crippen molar-refractivity contribution in [2.45, 2.75) is 45.0 Å². The number of alkyl halides is 1. The van der Waals surface area contributed by atoms with E-state index >= 15 is 0 Å². The van der Waals surface area contributed by atoms with Gasteiger partial charge in [0, 0.05) is 6.42 Å². The number of carbonyl (C=O) groups is 2. The first-order valence-electron chi connectivity index (χ1n) is 7.76. The van der Waals surface area contributed by atoms with Gasteiger partial charge in [0.2, 0.25) is 5.91 Å². The fourth-order valence-electron chi connectivity index (χ4n) is 2.43. The maximum atomic E-state index is 13.8. The highest BCUT2D eigenvalue weighted by atomic mass is 79.9. The number of aromatic nitrogens is 1. The van der Waals surface area contributed by atoms with Crippen LogP contribution in [0, 0.1) is 0 Å². The van der Waals surface area contributed by atoms with Gasteiger partial charge in [-0.25, -0.2) is 14.2 Å². The minimum atomic E-state index is -1.29. The van der Waals surface area contributed by atoms with Crippen LogP contribution >= 0.6 is 15.9 Å². The first-order chi connectivity index (χ1) is 11.6. The van der Waals surface area contributed by atoms with E-state index in [1.54, 1.807) is 32.9 Å². The number of nitrogens with zero attached hydrogens (tertiary/aromatic N) is 2. The second kappa shape index (κ2) is 7.55. The highest BCUT2D eigenvalue weighted by molar-refractivity contribution is 9.10. The Bertz CT molecular complexity index is 665. The van der Waals surface area contributed by atoms with Crippen LogP contribution in [0.4, 0.5) is 15.0 Å². The number of amides is 2. The van der Waals surface area contributed by atoms with Gasteiger partial charge < -0.3 is 14.8 Å². The Morgan fingerprint density at radius 3 is 2.68 bits per heavy atom. The molecule has 1 aromatic heterocycles. The van der Waals surface area contributed by atoms with Gasteiger partial charge in [-0.3, -0.25) is 9.69 Å². The van der Waals surface area contributed by atoms with Crippen LogP contribution in [0.5, 0.6) is 5.75 Å². The van der Waals surface area contributed by atoms with Crippen LogP contribution in [0.2, 0.25) is 0 Å². The summed E-state index contributed by atoms with van der Waals surface area (Å²) in [4.78, 5) is 30.1. The molecular formula is C16H21BrFN3O4. The van der Waals surface area contributed by atoms with Gasteiger partial charge in [-0.05, 0) is 48.8 Å². The van der Waals surface area contributed by atoms with Gasteiger partial charge >= 0.3 is 6.09 Å². The van der Waals surface area contributed by atoms with Crippen LogP contribution < -0.4 is 10.1 Å². The van der Waals surface area contributed by atoms with E-state index in [0.717, 1.165) is 4.90 Å². The van der Waals surface area contributed by atoms with Gasteiger partial charge in [0.1, 0.15) is 22.4 Å². The molecule has 25 heavy (non-hydrogen) atoms. The van der Waals surface area contributed by atoms with Crippen LogP contribution in [0.15, 0.2) is 16.7 Å². The first kappa shape index (κ1) is 19.4. The molecule has 2 rings (SSSR count). The fourth-order valence-corrected chi connectivity index (χ4v) is 2.74. The van der Waals surface area contributed by atoms with E-state index < -0.39 is 29.8 Å². The molecule has 0 aliphatic carbocycles. The summed E-state index contributed by atoms with van der Waals surface area (Å²) < 4.78 is 24.8. The van der Waals surface area contributed by atoms with Gasteiger partial charge in [-0.15, -0.1) is 0 Å². The highest BCUT2D eigenvalue weighted by Gasteiger charge is 2.42. The number of hydrogen-bond donors (Lipinski definition) is 1. The van der Waals surface area contributed by atoms with Gasteiger partial charge in [0.05, 0.1) is 13.7 Å². The van der Waals surface area contributed by atoms with Crippen LogP contribution in [0.1, 0.15) is 27.2 Å². The molecule has 1 saturated heterocycles. The number of rotatable bonds is 3. The third-order valence-electron chi connectivity index (χ3n) is 3.47. The molecule has 0 saturated carbocycles. The van der Waals surface area contributed by atoms with E-state index in [-0.39, 0.29) is 18.8 Å². The Morgan fingerprint density at radius 1 is 1.40 bits per heavy atom. The van der Waals surface area contributed by atoms with Crippen molar-refractivity contribution in [2.75, 3.05) is 19.0 Å². The topological polar surface area (TPSA) is 80.8 Å². The molecule has 138 valence electrons. The Hall–Kier alpha value is -1.90. The van der Waals surface area contributed by atoms with Crippen LogP contribution in [0.25, 0.3) is 0 Å². The van der Waals surface area contributed by atoms with Crippen molar-refractivity contribution in [3.8, 4) is 5.75 Å². The van der Waals surface area contributed by atoms with Crippen molar-refractivity contribution in [3.05, 3.63) is 16.7 Å². The fraction of sp³-hybridized carbons (Fsp3) is 0.562. The van der Waals surface area contributed by atoms with Crippen molar-refractivity contribution in [1.82, 2.24) is 9.88 Å². The zero-order valence-corrected chi connectivity index (χ0v) is 16.1. The first-order valence-corrected chi connectivity index (χ1v) is 8.55. The van der Waals surface area contributed by atoms with Gasteiger partial charge in [-0.2, -0.15) is 0 Å². The number of anilines is 1. The second-order valence-corrected chi connectivity index (χ2v) is 7.47. The lowest BCUT2D eigenvalue weighted by molar-refractivity contribution is -0.120. The molecular weight excluding hydrogens is 397 g/mol. The number of hydrogen-bond acceptors (Lipinski definition) is 5. The lowest BCUT2D eigenvalue weighted by Crippen LogP contribution is -2.45. The summed E-state index contributed by atoms with van der Waals surface area (Å²) in [6.07, 6.45) is -2.11. The third kappa shape index (κ3) is 5.04. The molecule has 0 radical (unpaired) electrons. The normalized spacial score (nSPS) is 20.3. The molecule has 9 heteroatoms. The van der Waals surface area contributed by atoms with Crippen molar-refractivity contribution >= 4 is 33.7 Å². The average Bonchev–Trinajstić information content (AvgIpc) is 2.88. The van der Waals surface area contributed by atoms with Gasteiger partial charge in [-0.1, -0.05) is 0 Å². The lowest BCUT2D eigenvalue weighted by atomic mass is 10.2. The largest absolute Gasteiger partial charge is 0.493 e. The SMILES string of the molecule is COc1ccc(Br)nc1NC(=O)[C@@H]1C[C@@H](F)CN1C(=O)OC(C)(C)C. The third-order valence-corrected chi connectivity index (χ3v) is 3.91. The summed E-state index contributed by atoms with van der Waals surface area (Å²) in [5, 5.41) is 2.59. The number of halogens is 2. The van der Waals surface area contributed by atoms with E-state index in [0.29, 0.717) is 10.4 Å². The van der Waals surface area contributed by atoms with Crippen molar-refractivity contribution in [2.24, 2.45) is 0 Å². The molecule has 1 fully saturated rings. The molecule has 2 amide bonds. The van der Waals surface area contributed by atoms with E-state index in [1.165, 1.54) is 7.11 Å². The lowest BCUT2D eigenvalue weighted by Gasteiger charge is -2.27. The maximum absolute atomic E-state index is 13.8. The summed E-state index contributed by atoms with van der Waals surface area (Å²) in [6.45, 7) is 4.94. The molecule has 0 spiro atoms. The highest BCUT2D eigenvalue weighted by Crippen LogP contribution is 2.27. The summed E-state index contributed by atoms with van der Waals surface area (Å²) in [7, 11) is 1.45.